The minimum absolute atomic E-state index is 0. The van der Waals surface area contributed by atoms with Gasteiger partial charge in [0.15, 0.2) is 0 Å². The van der Waals surface area contributed by atoms with Gasteiger partial charge in [-0.2, -0.15) is 0 Å². The van der Waals surface area contributed by atoms with E-state index >= 15 is 0 Å². The Kier molecular flexibility index (Phi) is 46.2. The molecule has 0 saturated heterocycles. The zero-order valence-corrected chi connectivity index (χ0v) is 25.8. The number of aromatic nitrogens is 2. The molecular weight excluding hydrogens is 582 g/mol. The van der Waals surface area contributed by atoms with Crippen LogP contribution in [0.1, 0.15) is 73.1 Å². The Hall–Kier alpha value is -0.472. The van der Waals surface area contributed by atoms with Crippen molar-refractivity contribution in [3.8, 4) is 5.75 Å². The summed E-state index contributed by atoms with van der Waals surface area (Å²) < 4.78 is 19.1. The summed E-state index contributed by atoms with van der Waals surface area (Å²) in [5.41, 5.74) is 3.21. The molecule has 0 unspecified atom stereocenters. The molecule has 2 radical (unpaired) electrons. The average Bonchev–Trinajstić information content (AvgIpc) is 3.16. The Labute approximate surface area is 274 Å². The Balaban J connectivity index is -0.0000000439. The number of benzene rings is 2. The maximum Gasteiger partial charge on any atom is 0.124 e. The summed E-state index contributed by atoms with van der Waals surface area (Å²) in [6.45, 7) is 10.0. The molecule has 0 atom stereocenters. The normalized spacial score (nSPS) is 7.86. The van der Waals surface area contributed by atoms with Crippen LogP contribution in [0.5, 0.6) is 5.75 Å². The Morgan fingerprint density at radius 1 is 0.657 bits per heavy atom. The number of aryl methyl sites for hydroxylation is 3. The summed E-state index contributed by atoms with van der Waals surface area (Å²) in [6, 6.07) is 12.3. The molecule has 0 amide bonds. The van der Waals surface area contributed by atoms with Gasteiger partial charge in [-0.05, 0) is 42.8 Å². The summed E-state index contributed by atoms with van der Waals surface area (Å²) in [6.07, 6.45) is 3.53. The predicted octanol–water partition coefficient (Wildman–Crippen LogP) is 10.5. The van der Waals surface area contributed by atoms with Gasteiger partial charge in [-0.15, -0.1) is 0 Å². The van der Waals surface area contributed by atoms with Crippen molar-refractivity contribution in [2.45, 2.75) is 71.8 Å². The van der Waals surface area contributed by atoms with Gasteiger partial charge in [0, 0.05) is 108 Å². The molecule has 4 rings (SSSR count). The van der Waals surface area contributed by atoms with Crippen LogP contribution in [-0.2, 0) is 79.5 Å². The summed E-state index contributed by atoms with van der Waals surface area (Å²) in [4.78, 5) is 0. The van der Waals surface area contributed by atoms with Gasteiger partial charge in [0.25, 0.3) is 0 Å². The average molecular weight is 645 g/mol. The van der Waals surface area contributed by atoms with E-state index in [2.05, 4.69) is 0 Å². The molecule has 202 valence electrons. The molecule has 0 aliphatic heterocycles. The second-order valence-electron chi connectivity index (χ2n) is 5.41. The largest absolute Gasteiger partial charge is 0.507 e. The van der Waals surface area contributed by atoms with Crippen LogP contribution in [0.3, 0.4) is 0 Å². The second-order valence-corrected chi connectivity index (χ2v) is 5.41. The van der Waals surface area contributed by atoms with Crippen molar-refractivity contribution in [3.63, 3.8) is 0 Å². The van der Waals surface area contributed by atoms with Crippen molar-refractivity contribution in [2.75, 3.05) is 0 Å². The van der Waals surface area contributed by atoms with Gasteiger partial charge in [0.05, 0.1) is 8.26 Å². The molecule has 0 spiro atoms. The van der Waals surface area contributed by atoms with Crippen molar-refractivity contribution in [1.82, 2.24) is 9.13 Å². The van der Waals surface area contributed by atoms with Gasteiger partial charge >= 0.3 is 0 Å². The fraction of sp³-hybridized carbons (Fsp3) is 0.400. The molecule has 0 saturated carbocycles. The topological polar surface area (TPSA) is 30.1 Å². The number of rotatable bonds is 0. The van der Waals surface area contributed by atoms with Crippen LogP contribution < -0.4 is 0 Å². The Morgan fingerprint density at radius 3 is 1.37 bits per heavy atom. The molecule has 0 aliphatic rings. The van der Waals surface area contributed by atoms with E-state index in [0.717, 1.165) is 16.4 Å². The van der Waals surface area contributed by atoms with Gasteiger partial charge in [-0.1, -0.05) is 83.0 Å². The maximum atomic E-state index is 9.43. The smallest absolute Gasteiger partial charge is 0.124 e. The van der Waals surface area contributed by atoms with Crippen LogP contribution in [0.2, 0.25) is 0 Å². The van der Waals surface area contributed by atoms with Gasteiger partial charge < -0.3 is 29.1 Å². The van der Waals surface area contributed by atoms with E-state index in [-0.39, 0.29) is 123 Å². The summed E-state index contributed by atoms with van der Waals surface area (Å²) >= 11 is 0. The first-order chi connectivity index (χ1) is 13.4. The molecule has 1 N–H and O–H groups in total. The molecule has 2 aromatic heterocycles. The van der Waals surface area contributed by atoms with Crippen LogP contribution in [0.25, 0.3) is 21.8 Å². The van der Waals surface area contributed by atoms with E-state index in [9.17, 15) is 5.11 Å². The predicted molar refractivity (Wildman–Crippen MR) is 161 cm³/mol. The Morgan fingerprint density at radius 2 is 1.00 bits per heavy atom. The zero-order chi connectivity index (χ0) is 21.4. The number of fused-ring (bicyclic) bond motifs is 2. The fourth-order valence-electron chi connectivity index (χ4n) is 2.57. The van der Waals surface area contributed by atoms with Crippen LogP contribution in [0.15, 0.2) is 60.9 Å². The summed E-state index contributed by atoms with van der Waals surface area (Å²) in [5.74, 6) is 0.179. The maximum absolute atomic E-state index is 9.43. The number of phenolic OH excluding ortho intramolecular Hbond substituents is 1. The fourth-order valence-corrected chi connectivity index (χ4v) is 2.57. The first-order valence-corrected chi connectivity index (χ1v) is 9.15. The summed E-state index contributed by atoms with van der Waals surface area (Å²) in [7, 11) is 3.83. The number of hydrogen-bond acceptors (Lipinski definition) is 1. The Bertz CT molecular complexity index is 961. The third-order valence-electron chi connectivity index (χ3n) is 3.84. The molecule has 0 fully saturated rings. The standard InChI is InChI=1S/C10H11N.C9H9NO.2C2H6.5CH4.2CH3.2Y/c1-8-4-3-5-10-9(8)6-7-11(10)2;1-10-6-5-7-8(10)3-2-4-9(7)11;2*1-2;;;;;;;;;/h3-7H,1-2H3;2-6,11H,1H3;2*1-2H3;5*1H4;2*1H3;;/q;;;;;;;;;2*-1;;/i6T;5T;;;;;;;;;;;. The summed E-state index contributed by atoms with van der Waals surface area (Å²) in [5, 5.41) is 11.1. The van der Waals surface area contributed by atoms with Crippen molar-refractivity contribution in [3.05, 3.63) is 81.3 Å². The third-order valence-corrected chi connectivity index (χ3v) is 3.84. The van der Waals surface area contributed by atoms with Crippen molar-refractivity contribution < 1.29 is 73.3 Å². The quantitative estimate of drug-likeness (QED) is 0.190. The zero-order valence-electron chi connectivity index (χ0n) is 22.1. The molecule has 4 aromatic rings. The van der Waals surface area contributed by atoms with E-state index < -0.39 is 0 Å². The molecule has 5 heteroatoms. The number of nitrogens with zero attached hydrogens (tertiary/aromatic N) is 2. The second kappa shape index (κ2) is 31.6. The number of hydrogen-bond donors (Lipinski definition) is 1. The minimum atomic E-state index is 0. The van der Waals surface area contributed by atoms with E-state index in [1.54, 1.807) is 18.3 Å². The monoisotopic (exact) mass is 644 g/mol. The molecule has 35 heavy (non-hydrogen) atoms. The van der Waals surface area contributed by atoms with Crippen molar-refractivity contribution in [2.24, 2.45) is 14.1 Å². The van der Waals surface area contributed by atoms with Crippen LogP contribution in [0, 0.1) is 21.8 Å². The van der Waals surface area contributed by atoms with Crippen molar-refractivity contribution >= 4 is 21.8 Å². The SMILES string of the molecule is C.C.C.C.C.CC.CC.[3H]c1cn(C)c2cccc(C)c12.[3H]c1cn(C)c2cccc(O)c12.[CH3-].[CH3-].[Y].[Y]. The number of phenols is 1. The molecule has 2 heterocycles. The molecular formula is C30H58N2OY2-2. The molecule has 0 bridgehead atoms. The van der Waals surface area contributed by atoms with Crippen molar-refractivity contribution in [1.29, 1.82) is 0 Å². The van der Waals surface area contributed by atoms with Crippen LogP contribution in [-0.4, -0.2) is 14.2 Å². The van der Waals surface area contributed by atoms with Crippen LogP contribution in [0.4, 0.5) is 0 Å². The molecule has 2 aromatic carbocycles. The van der Waals surface area contributed by atoms with Gasteiger partial charge in [-0.25, -0.2) is 0 Å². The van der Waals surface area contributed by atoms with E-state index in [1.807, 2.05) is 88.3 Å². The molecule has 3 nitrogen and oxygen atoms in total. The van der Waals surface area contributed by atoms with E-state index in [1.165, 1.54) is 5.56 Å². The van der Waals surface area contributed by atoms with E-state index in [0.29, 0.717) is 17.5 Å². The van der Waals surface area contributed by atoms with Gasteiger partial charge in [-0.3, -0.25) is 0 Å². The van der Waals surface area contributed by atoms with Gasteiger partial charge in [0.1, 0.15) is 5.75 Å². The number of aromatic hydroxyl groups is 1. The minimum Gasteiger partial charge on any atom is -0.507 e. The molecule has 0 aliphatic carbocycles. The first-order valence-electron chi connectivity index (χ1n) is 10.1. The van der Waals surface area contributed by atoms with E-state index in [4.69, 9.17) is 2.74 Å². The van der Waals surface area contributed by atoms with Crippen LogP contribution >= 0.6 is 0 Å². The first kappa shape index (κ1) is 51.2. The van der Waals surface area contributed by atoms with Gasteiger partial charge in [0.2, 0.25) is 0 Å². The third kappa shape index (κ3) is 16.1.